The quantitative estimate of drug-likeness (QED) is 0.719. The number of likely N-dealkylation sites (N-methyl/N-ethyl adjacent to an activating group) is 2. The van der Waals surface area contributed by atoms with Crippen LogP contribution in [0.4, 0.5) is 5.69 Å². The molecule has 6 nitrogen and oxygen atoms in total. The summed E-state index contributed by atoms with van der Waals surface area (Å²) in [5.74, 6) is 0.318. The Bertz CT molecular complexity index is 850. The Morgan fingerprint density at radius 3 is 2.43 bits per heavy atom. The molecule has 0 aliphatic carbocycles. The summed E-state index contributed by atoms with van der Waals surface area (Å²) in [6, 6.07) is 15.3. The van der Waals surface area contributed by atoms with Crippen molar-refractivity contribution >= 4 is 17.6 Å². The maximum atomic E-state index is 12.6. The number of hydrogen-bond acceptors (Lipinski definition) is 5. The Labute approximate surface area is 165 Å². The fourth-order valence-corrected chi connectivity index (χ4v) is 3.46. The number of para-hydroxylation sites is 1. The molecule has 0 spiro atoms. The third-order valence-corrected chi connectivity index (χ3v) is 5.20. The third kappa shape index (κ3) is 3.96. The highest BCUT2D eigenvalue weighted by molar-refractivity contribution is 6.01. The summed E-state index contributed by atoms with van der Waals surface area (Å²) in [5, 5.41) is 0. The Hall–Kier alpha value is -3.02. The number of methoxy groups -OCH3 is 1. The number of carbonyl (C=O) groups is 2. The Morgan fingerprint density at radius 2 is 1.75 bits per heavy atom. The molecule has 0 fully saturated rings. The van der Waals surface area contributed by atoms with Gasteiger partial charge in [0.15, 0.2) is 0 Å². The molecule has 1 amide bonds. The van der Waals surface area contributed by atoms with Crippen LogP contribution in [0.5, 0.6) is 5.75 Å². The predicted molar refractivity (Wildman–Crippen MR) is 108 cm³/mol. The van der Waals surface area contributed by atoms with Gasteiger partial charge < -0.3 is 19.3 Å². The number of anilines is 1. The fraction of sp³-hybridized carbons (Fsp3) is 0.364. The van der Waals surface area contributed by atoms with Gasteiger partial charge in [0, 0.05) is 14.1 Å². The molecule has 148 valence electrons. The van der Waals surface area contributed by atoms with Crippen molar-refractivity contribution in [2.75, 3.05) is 32.7 Å². The molecule has 0 bridgehead atoms. The topological polar surface area (TPSA) is 59.1 Å². The molecule has 1 heterocycles. The van der Waals surface area contributed by atoms with E-state index in [-0.39, 0.29) is 24.0 Å². The number of benzene rings is 2. The summed E-state index contributed by atoms with van der Waals surface area (Å²) in [4.78, 5) is 27.9. The predicted octanol–water partition coefficient (Wildman–Crippen LogP) is 2.97. The average molecular weight is 382 g/mol. The van der Waals surface area contributed by atoms with E-state index in [0.717, 1.165) is 17.0 Å². The van der Waals surface area contributed by atoms with Crippen LogP contribution in [0.1, 0.15) is 22.8 Å². The fourth-order valence-electron chi connectivity index (χ4n) is 3.46. The van der Waals surface area contributed by atoms with Crippen LogP contribution in [0, 0.1) is 5.92 Å². The number of nitrogens with zero attached hydrogens (tertiary/aromatic N) is 2. The first-order valence-corrected chi connectivity index (χ1v) is 9.31. The molecule has 1 aliphatic rings. The molecule has 0 aromatic heterocycles. The lowest BCUT2D eigenvalue weighted by atomic mass is 10.0. The van der Waals surface area contributed by atoms with E-state index >= 15 is 0 Å². The zero-order chi connectivity index (χ0) is 20.3. The van der Waals surface area contributed by atoms with Gasteiger partial charge in [-0.05, 0) is 36.2 Å². The van der Waals surface area contributed by atoms with Gasteiger partial charge in [-0.2, -0.15) is 0 Å². The SMILES string of the molecule is COC(=O)C(C)Cc1ccc(OCC2N(C)C(=O)c3ccccc3N2C)cc1. The van der Waals surface area contributed by atoms with Crippen molar-refractivity contribution in [2.45, 2.75) is 19.5 Å². The number of rotatable bonds is 6. The number of ether oxygens (including phenoxy) is 2. The van der Waals surface area contributed by atoms with E-state index in [4.69, 9.17) is 9.47 Å². The molecule has 2 aromatic rings. The monoisotopic (exact) mass is 382 g/mol. The normalized spacial score (nSPS) is 17.1. The van der Waals surface area contributed by atoms with Crippen LogP contribution in [0.3, 0.4) is 0 Å². The summed E-state index contributed by atoms with van der Waals surface area (Å²) in [6.45, 7) is 2.20. The molecule has 0 saturated heterocycles. The van der Waals surface area contributed by atoms with E-state index in [1.165, 1.54) is 7.11 Å². The van der Waals surface area contributed by atoms with Crippen molar-refractivity contribution in [3.63, 3.8) is 0 Å². The van der Waals surface area contributed by atoms with E-state index in [1.807, 2.05) is 62.5 Å². The highest BCUT2D eigenvalue weighted by atomic mass is 16.5. The smallest absolute Gasteiger partial charge is 0.308 e. The minimum Gasteiger partial charge on any atom is -0.489 e. The molecule has 0 radical (unpaired) electrons. The van der Waals surface area contributed by atoms with Gasteiger partial charge in [0.05, 0.1) is 24.3 Å². The van der Waals surface area contributed by atoms with Gasteiger partial charge in [0.1, 0.15) is 18.5 Å². The second-order valence-corrected chi connectivity index (χ2v) is 7.11. The molecule has 0 N–H and O–H groups in total. The number of hydrogen-bond donors (Lipinski definition) is 0. The van der Waals surface area contributed by atoms with E-state index in [0.29, 0.717) is 18.6 Å². The largest absolute Gasteiger partial charge is 0.489 e. The van der Waals surface area contributed by atoms with Crippen molar-refractivity contribution in [1.29, 1.82) is 0 Å². The summed E-state index contributed by atoms with van der Waals surface area (Å²) in [7, 11) is 5.16. The molecule has 28 heavy (non-hydrogen) atoms. The molecular weight excluding hydrogens is 356 g/mol. The van der Waals surface area contributed by atoms with Gasteiger partial charge in [0.2, 0.25) is 0 Å². The number of esters is 1. The second-order valence-electron chi connectivity index (χ2n) is 7.11. The van der Waals surface area contributed by atoms with Gasteiger partial charge in [-0.1, -0.05) is 31.2 Å². The van der Waals surface area contributed by atoms with Crippen LogP contribution in [0.2, 0.25) is 0 Å². The van der Waals surface area contributed by atoms with Crippen LogP contribution >= 0.6 is 0 Å². The zero-order valence-corrected chi connectivity index (χ0v) is 16.7. The average Bonchev–Trinajstić information content (AvgIpc) is 2.72. The van der Waals surface area contributed by atoms with Gasteiger partial charge >= 0.3 is 5.97 Å². The summed E-state index contributed by atoms with van der Waals surface area (Å²) >= 11 is 0. The van der Waals surface area contributed by atoms with Crippen molar-refractivity contribution in [2.24, 2.45) is 5.92 Å². The van der Waals surface area contributed by atoms with E-state index < -0.39 is 0 Å². The molecular formula is C22H26N2O4. The van der Waals surface area contributed by atoms with Crippen molar-refractivity contribution in [3.05, 3.63) is 59.7 Å². The first-order valence-electron chi connectivity index (χ1n) is 9.31. The zero-order valence-electron chi connectivity index (χ0n) is 16.7. The molecule has 3 rings (SSSR count). The van der Waals surface area contributed by atoms with E-state index in [1.54, 1.807) is 11.9 Å². The lowest BCUT2D eigenvalue weighted by molar-refractivity contribution is -0.144. The number of fused-ring (bicyclic) bond motifs is 1. The molecule has 0 saturated carbocycles. The van der Waals surface area contributed by atoms with Crippen molar-refractivity contribution in [3.8, 4) is 5.75 Å². The van der Waals surface area contributed by atoms with Gasteiger partial charge in [-0.3, -0.25) is 9.59 Å². The number of amides is 1. The lowest BCUT2D eigenvalue weighted by Crippen LogP contribution is -2.54. The van der Waals surface area contributed by atoms with E-state index in [9.17, 15) is 9.59 Å². The van der Waals surface area contributed by atoms with E-state index in [2.05, 4.69) is 4.90 Å². The summed E-state index contributed by atoms with van der Waals surface area (Å²) in [5.41, 5.74) is 2.65. The van der Waals surface area contributed by atoms with Crippen LogP contribution in [-0.2, 0) is 16.0 Å². The molecule has 2 atom stereocenters. The molecule has 2 aromatic carbocycles. The molecule has 1 aliphatic heterocycles. The Kier molecular flexibility index (Phi) is 5.87. The first kappa shape index (κ1) is 19.7. The summed E-state index contributed by atoms with van der Waals surface area (Å²) in [6.07, 6.45) is 0.424. The van der Waals surface area contributed by atoms with Crippen LogP contribution < -0.4 is 9.64 Å². The highest BCUT2D eigenvalue weighted by Gasteiger charge is 2.33. The standard InChI is InChI=1S/C22H26N2O4/c1-15(22(26)27-4)13-16-9-11-17(12-10-16)28-14-20-23(2)19-8-6-5-7-18(19)21(25)24(20)3/h5-12,15,20H,13-14H2,1-4H3. The maximum Gasteiger partial charge on any atom is 0.308 e. The first-order chi connectivity index (χ1) is 13.4. The molecule has 6 heteroatoms. The van der Waals surface area contributed by atoms with Crippen molar-refractivity contribution in [1.82, 2.24) is 4.90 Å². The van der Waals surface area contributed by atoms with Gasteiger partial charge in [-0.15, -0.1) is 0 Å². The maximum absolute atomic E-state index is 12.6. The minimum absolute atomic E-state index is 0.00514. The third-order valence-electron chi connectivity index (χ3n) is 5.20. The van der Waals surface area contributed by atoms with Crippen molar-refractivity contribution < 1.29 is 19.1 Å². The highest BCUT2D eigenvalue weighted by Crippen LogP contribution is 2.29. The Morgan fingerprint density at radius 1 is 1.07 bits per heavy atom. The molecule has 2 unspecified atom stereocenters. The van der Waals surface area contributed by atoms with Crippen LogP contribution in [-0.4, -0.2) is 50.8 Å². The van der Waals surface area contributed by atoms with Crippen LogP contribution in [0.25, 0.3) is 0 Å². The minimum atomic E-state index is -0.214. The lowest BCUT2D eigenvalue weighted by Gasteiger charge is -2.41. The van der Waals surface area contributed by atoms with Gasteiger partial charge in [0.25, 0.3) is 5.91 Å². The number of carbonyl (C=O) groups excluding carboxylic acids is 2. The van der Waals surface area contributed by atoms with Crippen LogP contribution in [0.15, 0.2) is 48.5 Å². The second kappa shape index (κ2) is 8.33. The Balaban J connectivity index is 1.64. The summed E-state index contributed by atoms with van der Waals surface area (Å²) < 4.78 is 10.7. The van der Waals surface area contributed by atoms with Gasteiger partial charge in [-0.25, -0.2) is 0 Å².